The van der Waals surface area contributed by atoms with E-state index in [1.165, 1.54) is 44.9 Å². The van der Waals surface area contributed by atoms with Crippen molar-refractivity contribution in [2.24, 2.45) is 33.7 Å². The summed E-state index contributed by atoms with van der Waals surface area (Å²) in [4.78, 5) is 34.3. The van der Waals surface area contributed by atoms with E-state index in [0.29, 0.717) is 35.5 Å². The van der Waals surface area contributed by atoms with Crippen LogP contribution in [-0.2, 0) is 0 Å². The minimum atomic E-state index is 0. The molecule has 10 heterocycles. The zero-order chi connectivity index (χ0) is 55.6. The summed E-state index contributed by atoms with van der Waals surface area (Å²) < 4.78 is 0. The average Bonchev–Trinajstić information content (AvgIpc) is 3.47. The largest absolute Gasteiger partial charge is 0.344 e. The summed E-state index contributed by atoms with van der Waals surface area (Å²) in [7, 11) is 0. The van der Waals surface area contributed by atoms with Crippen molar-refractivity contribution in [2.45, 2.75) is 110 Å². The van der Waals surface area contributed by atoms with E-state index in [1.54, 1.807) is 12.7 Å². The Balaban J connectivity index is 0.000000176. The fraction of sp³-hybridized carbons (Fsp3) is 0.343. The van der Waals surface area contributed by atoms with Gasteiger partial charge in [0.2, 0.25) is 0 Å². The molecular weight excluding hydrogens is 981 g/mol. The van der Waals surface area contributed by atoms with E-state index < -0.39 is 0 Å². The molecule has 0 saturated carbocycles. The van der Waals surface area contributed by atoms with E-state index in [-0.39, 0.29) is 14.9 Å². The summed E-state index contributed by atoms with van der Waals surface area (Å²) in [5.41, 5.74) is 12.8. The van der Waals surface area contributed by atoms with E-state index in [2.05, 4.69) is 267 Å². The van der Waals surface area contributed by atoms with Gasteiger partial charge in [-0.05, 0) is 118 Å². The van der Waals surface area contributed by atoms with Gasteiger partial charge in [-0.1, -0.05) is 183 Å². The van der Waals surface area contributed by atoms with E-state index in [9.17, 15) is 0 Å². The maximum atomic E-state index is 4.40. The maximum Gasteiger partial charge on any atom is 0.132 e. The fourth-order valence-corrected chi connectivity index (χ4v) is 9.01. The van der Waals surface area contributed by atoms with Crippen LogP contribution in [0.1, 0.15) is 121 Å². The van der Waals surface area contributed by atoms with Crippen molar-refractivity contribution in [3.05, 3.63) is 240 Å². The van der Waals surface area contributed by atoms with Crippen LogP contribution in [0.4, 0.5) is 0 Å². The van der Waals surface area contributed by atoms with Gasteiger partial charge in [0.05, 0.1) is 11.0 Å². The molecule has 0 amide bonds. The number of para-hydroxylation sites is 1. The Labute approximate surface area is 481 Å². The second-order valence-electron chi connectivity index (χ2n) is 21.8. The molecule has 0 spiro atoms. The summed E-state index contributed by atoms with van der Waals surface area (Å²) in [5, 5.41) is 2.24. The number of hydrogen-bond donors (Lipinski definition) is 0. The van der Waals surface area contributed by atoms with Gasteiger partial charge in [0, 0.05) is 97.5 Å². The molecule has 80 heavy (non-hydrogen) atoms. The van der Waals surface area contributed by atoms with Crippen molar-refractivity contribution in [3.63, 3.8) is 0 Å². The normalized spacial score (nSPS) is 16.6. The van der Waals surface area contributed by atoms with Crippen molar-refractivity contribution in [1.82, 2.24) is 39.5 Å². The Morgan fingerprint density at radius 2 is 1.00 bits per heavy atom. The second kappa shape index (κ2) is 31.0. The number of allylic oxidation sites excluding steroid dienone is 17. The molecule has 8 aliphatic heterocycles. The summed E-state index contributed by atoms with van der Waals surface area (Å²) in [6.07, 6.45) is 53.7. The molecule has 0 aliphatic carbocycles. The van der Waals surface area contributed by atoms with Gasteiger partial charge < -0.3 is 19.6 Å². The molecule has 0 unspecified atom stereocenters. The standard InChI is InChI=1S/2C12H15N.2C11H12N2.2C11H14N2.2CH4/c1-10(2)12-8-5-7-11-6-3-4-9-13(11)12;1-10(2)11-6-7-12-5-3-4-8-13(12)9-11;1-8(2)9-3-4-11-10(5-9)6-12-7-13-11;1-8(2)10-5-3-4-9-6-12-7-13-11(9)10;2*1-9(2)10-7-12-11-5-3-4-6-13(11)8-10;;/h3-8,10H,9H2,1-2H3;3-7,9-10H,8H2,1-2H3;2*3-8H,1-2H3;2*3-5,7-9H,6H2,1-2H3;2*1H4. The number of fused-ring (bicyclic) bond motifs is 6. The van der Waals surface area contributed by atoms with E-state index in [4.69, 9.17) is 0 Å². The highest BCUT2D eigenvalue weighted by Gasteiger charge is 2.19. The monoisotopic (exact) mass is 1070 g/mol. The van der Waals surface area contributed by atoms with Gasteiger partial charge in [0.15, 0.2) is 0 Å². The number of hydrogen-bond acceptors (Lipinski definition) is 10. The topological polar surface area (TPSA) is 89.2 Å². The van der Waals surface area contributed by atoms with Crippen molar-refractivity contribution < 1.29 is 0 Å². The van der Waals surface area contributed by atoms with Crippen molar-refractivity contribution in [3.8, 4) is 0 Å². The molecule has 10 nitrogen and oxygen atoms in total. The zero-order valence-electron chi connectivity index (χ0n) is 48.2. The van der Waals surface area contributed by atoms with E-state index in [1.807, 2.05) is 49.1 Å². The van der Waals surface area contributed by atoms with Crippen molar-refractivity contribution in [1.29, 1.82) is 0 Å². The molecular formula is C70H90N10. The molecule has 10 heteroatoms. The van der Waals surface area contributed by atoms with Crippen molar-refractivity contribution >= 4 is 34.2 Å². The molecule has 0 atom stereocenters. The Morgan fingerprint density at radius 3 is 1.59 bits per heavy atom. The van der Waals surface area contributed by atoms with Gasteiger partial charge in [0.25, 0.3) is 0 Å². The molecule has 0 radical (unpaired) electrons. The first kappa shape index (κ1) is 62.9. The Bertz CT molecular complexity index is 3050. The lowest BCUT2D eigenvalue weighted by atomic mass is 10.0. The van der Waals surface area contributed by atoms with Gasteiger partial charge in [-0.25, -0.2) is 29.9 Å². The quantitative estimate of drug-likeness (QED) is 0.189. The van der Waals surface area contributed by atoms with Crippen LogP contribution in [0, 0.1) is 23.7 Å². The summed E-state index contributed by atoms with van der Waals surface area (Å²) in [6, 6.07) is 12.6. The highest BCUT2D eigenvalue weighted by atomic mass is 15.2. The summed E-state index contributed by atoms with van der Waals surface area (Å²) >= 11 is 0. The third-order valence-corrected chi connectivity index (χ3v) is 13.9. The van der Waals surface area contributed by atoms with Crippen LogP contribution in [0.25, 0.3) is 21.8 Å². The number of benzene rings is 2. The second-order valence-corrected chi connectivity index (χ2v) is 21.8. The number of nitrogens with zero attached hydrogens (tertiary/aromatic N) is 10. The molecule has 2 aromatic heterocycles. The van der Waals surface area contributed by atoms with E-state index in [0.717, 1.165) is 59.6 Å². The lowest BCUT2D eigenvalue weighted by Gasteiger charge is -2.33. The Hall–Kier alpha value is -7.98. The molecule has 12 rings (SSSR count). The first-order chi connectivity index (χ1) is 37.7. The average molecular weight is 1070 g/mol. The van der Waals surface area contributed by atoms with Crippen LogP contribution < -0.4 is 0 Å². The van der Waals surface area contributed by atoms with Gasteiger partial charge in [-0.2, -0.15) is 0 Å². The summed E-state index contributed by atoms with van der Waals surface area (Å²) in [5.74, 6) is 5.48. The lowest BCUT2D eigenvalue weighted by molar-refractivity contribution is 0.422. The number of aliphatic imine (C=N–C) groups is 2. The van der Waals surface area contributed by atoms with Crippen molar-refractivity contribution in [2.75, 3.05) is 26.2 Å². The van der Waals surface area contributed by atoms with Gasteiger partial charge in [-0.15, -0.1) is 0 Å². The zero-order valence-corrected chi connectivity index (χ0v) is 48.2. The lowest BCUT2D eigenvalue weighted by Crippen LogP contribution is -2.27. The molecule has 0 saturated heterocycles. The summed E-state index contributed by atoms with van der Waals surface area (Å²) in [6.45, 7) is 30.3. The predicted octanol–water partition coefficient (Wildman–Crippen LogP) is 17.1. The number of rotatable bonds is 6. The third kappa shape index (κ3) is 17.5. The first-order valence-corrected chi connectivity index (χ1v) is 27.9. The fourth-order valence-electron chi connectivity index (χ4n) is 9.01. The predicted molar refractivity (Wildman–Crippen MR) is 343 cm³/mol. The van der Waals surface area contributed by atoms with Crippen LogP contribution in [0.3, 0.4) is 0 Å². The van der Waals surface area contributed by atoms with Crippen LogP contribution in [0.15, 0.2) is 239 Å². The maximum absolute atomic E-state index is 4.40. The molecule has 8 aliphatic rings. The van der Waals surface area contributed by atoms with Gasteiger partial charge in [0.1, 0.15) is 24.3 Å². The van der Waals surface area contributed by atoms with Crippen LogP contribution in [0.2, 0.25) is 0 Å². The van der Waals surface area contributed by atoms with Gasteiger partial charge in [-0.3, -0.25) is 0 Å². The minimum absolute atomic E-state index is 0. The Morgan fingerprint density at radius 1 is 0.450 bits per heavy atom. The minimum Gasteiger partial charge on any atom is -0.344 e. The van der Waals surface area contributed by atoms with Crippen LogP contribution in [0.5, 0.6) is 0 Å². The third-order valence-electron chi connectivity index (χ3n) is 13.9. The highest BCUT2D eigenvalue weighted by molar-refractivity contribution is 5.82. The molecule has 4 aromatic rings. The van der Waals surface area contributed by atoms with E-state index >= 15 is 0 Å². The molecule has 0 bridgehead atoms. The Kier molecular flexibility index (Phi) is 24.3. The molecule has 0 fully saturated rings. The SMILES string of the molecule is C.C.CC(C)C1=CC=CC2=CC=CCN21.CC(C)C1=CN2CC=CC=C2C=C1.CC(C)C1=CN2CC=CC=C2N=C1.CC(C)C1=CN2CC=CC=C2N=C1.CC(C)c1ccc2ncncc2c1.CC(C)c1cccc2cncnc12. The van der Waals surface area contributed by atoms with Crippen LogP contribution in [-0.4, -0.2) is 78.1 Å². The first-order valence-electron chi connectivity index (χ1n) is 27.9. The molecule has 2 aromatic carbocycles. The smallest absolute Gasteiger partial charge is 0.132 e. The van der Waals surface area contributed by atoms with Gasteiger partial charge >= 0.3 is 0 Å². The van der Waals surface area contributed by atoms with Crippen LogP contribution >= 0.6 is 0 Å². The highest BCUT2D eigenvalue weighted by Crippen LogP contribution is 2.28. The molecule has 420 valence electrons. The molecule has 0 N–H and O–H groups in total. The number of aromatic nitrogens is 4.